The molecule has 0 rings (SSSR count). The lowest BCUT2D eigenvalue weighted by atomic mass is 9.82. The highest BCUT2D eigenvalue weighted by Crippen LogP contribution is 2.26. The Hall–Kier alpha value is -0.730. The van der Waals surface area contributed by atoms with Gasteiger partial charge in [-0.25, -0.2) is 4.79 Å². The van der Waals surface area contributed by atoms with Gasteiger partial charge < -0.3 is 10.6 Å². The fourth-order valence-corrected chi connectivity index (χ4v) is 2.05. The number of urea groups is 1. The molecule has 0 aliphatic rings. The molecule has 3 heteroatoms. The molecule has 2 N–H and O–H groups in total. The number of amides is 2. The fraction of sp³-hybridized carbons (Fsp3) is 0.923. The van der Waals surface area contributed by atoms with Crippen LogP contribution < -0.4 is 10.6 Å². The van der Waals surface area contributed by atoms with Crippen molar-refractivity contribution in [2.24, 2.45) is 5.41 Å². The molecule has 0 aromatic rings. The van der Waals surface area contributed by atoms with E-state index in [1.54, 1.807) is 0 Å². The summed E-state index contributed by atoms with van der Waals surface area (Å²) in [6.07, 6.45) is 0.942. The molecule has 0 aliphatic carbocycles. The summed E-state index contributed by atoms with van der Waals surface area (Å²) in [4.78, 5) is 11.7. The summed E-state index contributed by atoms with van der Waals surface area (Å²) >= 11 is 0. The van der Waals surface area contributed by atoms with Gasteiger partial charge in [-0.05, 0) is 46.5 Å². The zero-order valence-electron chi connectivity index (χ0n) is 12.1. The van der Waals surface area contributed by atoms with E-state index in [0.717, 1.165) is 6.42 Å². The highest BCUT2D eigenvalue weighted by Gasteiger charge is 2.27. The Balaban J connectivity index is 4.32. The van der Waals surface area contributed by atoms with Crippen LogP contribution in [0.3, 0.4) is 0 Å². The third-order valence-electron chi connectivity index (χ3n) is 1.91. The average Bonchev–Trinajstić information content (AvgIpc) is 1.70. The van der Waals surface area contributed by atoms with Crippen LogP contribution in [0.1, 0.15) is 61.8 Å². The number of hydrogen-bond donors (Lipinski definition) is 2. The van der Waals surface area contributed by atoms with Crippen LogP contribution in [0.4, 0.5) is 4.79 Å². The Labute approximate surface area is 100 Å². The molecule has 0 bridgehead atoms. The molecule has 16 heavy (non-hydrogen) atoms. The Bertz CT molecular complexity index is 244. The first kappa shape index (κ1) is 15.3. The van der Waals surface area contributed by atoms with Crippen molar-refractivity contribution >= 4 is 6.03 Å². The van der Waals surface area contributed by atoms with Crippen molar-refractivity contribution < 1.29 is 4.79 Å². The van der Waals surface area contributed by atoms with Gasteiger partial charge in [0.05, 0.1) is 0 Å². The van der Waals surface area contributed by atoms with Crippen LogP contribution in [0.2, 0.25) is 0 Å². The molecule has 0 spiro atoms. The summed E-state index contributed by atoms with van der Waals surface area (Å²) in [5, 5.41) is 5.93. The lowest BCUT2D eigenvalue weighted by Crippen LogP contribution is -2.54. The van der Waals surface area contributed by atoms with Crippen LogP contribution >= 0.6 is 0 Å². The molecule has 3 nitrogen and oxygen atoms in total. The van der Waals surface area contributed by atoms with Gasteiger partial charge in [-0.1, -0.05) is 20.8 Å². The summed E-state index contributed by atoms with van der Waals surface area (Å²) in [5.74, 6) is 0. The zero-order chi connectivity index (χ0) is 13.2. The second-order valence-electron chi connectivity index (χ2n) is 7.45. The van der Waals surface area contributed by atoms with Crippen molar-refractivity contribution in [1.29, 1.82) is 0 Å². The predicted molar refractivity (Wildman–Crippen MR) is 69.6 cm³/mol. The van der Waals surface area contributed by atoms with Gasteiger partial charge >= 0.3 is 6.03 Å². The molecule has 96 valence electrons. The molecule has 0 unspecified atom stereocenters. The molecule has 0 fully saturated rings. The molecule has 0 aliphatic heterocycles. The molecule has 0 heterocycles. The van der Waals surface area contributed by atoms with Crippen LogP contribution in [-0.2, 0) is 0 Å². The minimum absolute atomic E-state index is 0.0956. The van der Waals surface area contributed by atoms with E-state index in [1.807, 2.05) is 20.8 Å². The molecule has 0 saturated heterocycles. The van der Waals surface area contributed by atoms with E-state index in [4.69, 9.17) is 0 Å². The highest BCUT2D eigenvalue weighted by molar-refractivity contribution is 5.75. The molecule has 0 aromatic carbocycles. The van der Waals surface area contributed by atoms with E-state index in [1.165, 1.54) is 0 Å². The molecule has 0 aromatic heterocycles. The summed E-state index contributed by atoms with van der Waals surface area (Å²) in [7, 11) is 0. The van der Waals surface area contributed by atoms with E-state index >= 15 is 0 Å². The minimum atomic E-state index is -0.193. The quantitative estimate of drug-likeness (QED) is 0.748. The van der Waals surface area contributed by atoms with Crippen molar-refractivity contribution in [3.63, 3.8) is 0 Å². The predicted octanol–water partition coefficient (Wildman–Crippen LogP) is 3.30. The first-order valence-electron chi connectivity index (χ1n) is 5.91. The van der Waals surface area contributed by atoms with Crippen molar-refractivity contribution in [2.75, 3.05) is 0 Å². The largest absolute Gasteiger partial charge is 0.334 e. The SMILES string of the molecule is CC(C)(C)CC(C)(C)NC(=O)NC(C)(C)C. The first-order valence-corrected chi connectivity index (χ1v) is 5.91. The van der Waals surface area contributed by atoms with E-state index in [0.29, 0.717) is 0 Å². The second-order valence-corrected chi connectivity index (χ2v) is 7.45. The second kappa shape index (κ2) is 4.64. The number of carbonyl (C=O) groups excluding carboxylic acids is 1. The Morgan fingerprint density at radius 2 is 1.31 bits per heavy atom. The molecule has 0 saturated carbocycles. The van der Waals surface area contributed by atoms with Crippen LogP contribution in [0.25, 0.3) is 0 Å². The van der Waals surface area contributed by atoms with Gasteiger partial charge in [-0.2, -0.15) is 0 Å². The first-order chi connectivity index (χ1) is 6.81. The maximum absolute atomic E-state index is 11.7. The minimum Gasteiger partial charge on any atom is -0.334 e. The maximum atomic E-state index is 11.7. The van der Waals surface area contributed by atoms with Crippen LogP contribution in [0.5, 0.6) is 0 Å². The van der Waals surface area contributed by atoms with Gasteiger partial charge in [-0.15, -0.1) is 0 Å². The van der Waals surface area contributed by atoms with Gasteiger partial charge in [0.25, 0.3) is 0 Å². The van der Waals surface area contributed by atoms with Crippen molar-refractivity contribution in [3.05, 3.63) is 0 Å². The van der Waals surface area contributed by atoms with Crippen LogP contribution in [0.15, 0.2) is 0 Å². The van der Waals surface area contributed by atoms with E-state index in [2.05, 4.69) is 45.3 Å². The molecule has 2 amide bonds. The van der Waals surface area contributed by atoms with E-state index < -0.39 is 0 Å². The standard InChI is InChI=1S/C13H28N2O/c1-11(2,3)9-13(7,8)15-10(16)14-12(4,5)6/h9H2,1-8H3,(H2,14,15,16). The lowest BCUT2D eigenvalue weighted by molar-refractivity contribution is 0.204. The van der Waals surface area contributed by atoms with Crippen LogP contribution in [0, 0.1) is 5.41 Å². The molecular formula is C13H28N2O. The van der Waals surface area contributed by atoms with Crippen molar-refractivity contribution in [1.82, 2.24) is 10.6 Å². The van der Waals surface area contributed by atoms with Crippen molar-refractivity contribution in [3.8, 4) is 0 Å². The van der Waals surface area contributed by atoms with Gasteiger partial charge in [0.2, 0.25) is 0 Å². The summed E-state index contributed by atoms with van der Waals surface area (Å²) in [6, 6.07) is -0.0956. The molecule has 0 radical (unpaired) electrons. The molecular weight excluding hydrogens is 200 g/mol. The number of nitrogens with one attached hydrogen (secondary N) is 2. The summed E-state index contributed by atoms with van der Waals surface area (Å²) in [6.45, 7) is 16.6. The monoisotopic (exact) mass is 228 g/mol. The van der Waals surface area contributed by atoms with Crippen molar-refractivity contribution in [2.45, 2.75) is 72.9 Å². The van der Waals surface area contributed by atoms with E-state index in [-0.39, 0.29) is 22.5 Å². The van der Waals surface area contributed by atoms with Gasteiger partial charge in [0, 0.05) is 11.1 Å². The van der Waals surface area contributed by atoms with E-state index in [9.17, 15) is 4.79 Å². The Morgan fingerprint density at radius 3 is 1.62 bits per heavy atom. The number of hydrogen-bond acceptors (Lipinski definition) is 1. The zero-order valence-corrected chi connectivity index (χ0v) is 12.1. The topological polar surface area (TPSA) is 41.1 Å². The summed E-state index contributed by atoms with van der Waals surface area (Å²) in [5.41, 5.74) is -0.173. The smallest absolute Gasteiger partial charge is 0.315 e. The van der Waals surface area contributed by atoms with Gasteiger partial charge in [-0.3, -0.25) is 0 Å². The highest BCUT2D eigenvalue weighted by atomic mass is 16.2. The average molecular weight is 228 g/mol. The van der Waals surface area contributed by atoms with Gasteiger partial charge in [0.15, 0.2) is 0 Å². The number of rotatable bonds is 2. The lowest BCUT2D eigenvalue weighted by Gasteiger charge is -2.34. The summed E-state index contributed by atoms with van der Waals surface area (Å²) < 4.78 is 0. The van der Waals surface area contributed by atoms with Crippen LogP contribution in [-0.4, -0.2) is 17.1 Å². The third-order valence-corrected chi connectivity index (χ3v) is 1.91. The maximum Gasteiger partial charge on any atom is 0.315 e. The third kappa shape index (κ3) is 8.57. The Kier molecular flexibility index (Phi) is 4.43. The normalized spacial score (nSPS) is 13.5. The van der Waals surface area contributed by atoms with Gasteiger partial charge in [0.1, 0.15) is 0 Å². The number of carbonyl (C=O) groups is 1. The Morgan fingerprint density at radius 1 is 0.875 bits per heavy atom. The molecule has 0 atom stereocenters. The fourth-order valence-electron chi connectivity index (χ4n) is 2.05.